The van der Waals surface area contributed by atoms with Crippen LogP contribution in [0.2, 0.25) is 0 Å². The van der Waals surface area contributed by atoms with Crippen LogP contribution in [0.5, 0.6) is 5.75 Å². The fraction of sp³-hybridized carbons (Fsp3) is 0.167. The quantitative estimate of drug-likeness (QED) is 0.511. The second-order valence-corrected chi connectivity index (χ2v) is 7.69. The molecule has 1 atom stereocenters. The van der Waals surface area contributed by atoms with E-state index >= 15 is 0 Å². The smallest absolute Gasteiger partial charge is 0.251 e. The van der Waals surface area contributed by atoms with Gasteiger partial charge in [-0.2, -0.15) is 0 Å². The number of aromatic nitrogens is 3. The van der Waals surface area contributed by atoms with Crippen molar-refractivity contribution in [2.45, 2.75) is 12.5 Å². The standard InChI is InChI=1S/C24H20FN5O2.H2/c25-16-5-6-20-19(13-16)23(29-22(28-20)18-3-1-2-4-21(18)31)30-12-9-17(14-30)27-24(32)15-7-10-26-11-8-15;/h1-8,10-11,13,17,31H,9,12,14H2,(H,27,32);1H/t17-;/m0./s1. The third-order valence-corrected chi connectivity index (χ3v) is 5.55. The fourth-order valence-corrected chi connectivity index (χ4v) is 3.95. The monoisotopic (exact) mass is 431 g/mol. The summed E-state index contributed by atoms with van der Waals surface area (Å²) >= 11 is 0. The highest BCUT2D eigenvalue weighted by Gasteiger charge is 2.27. The molecule has 32 heavy (non-hydrogen) atoms. The van der Waals surface area contributed by atoms with Crippen molar-refractivity contribution in [3.63, 3.8) is 0 Å². The van der Waals surface area contributed by atoms with Gasteiger partial charge in [-0.15, -0.1) is 0 Å². The van der Waals surface area contributed by atoms with Crippen LogP contribution in [-0.4, -0.2) is 45.1 Å². The van der Waals surface area contributed by atoms with Crippen LogP contribution < -0.4 is 10.2 Å². The number of phenolic OH excluding ortho intramolecular Hbond substituents is 1. The lowest BCUT2D eigenvalue weighted by Crippen LogP contribution is -2.37. The lowest BCUT2D eigenvalue weighted by Gasteiger charge is -2.21. The van der Waals surface area contributed by atoms with Crippen LogP contribution in [0.1, 0.15) is 18.2 Å². The molecule has 2 N–H and O–H groups in total. The first-order valence-corrected chi connectivity index (χ1v) is 10.3. The maximum Gasteiger partial charge on any atom is 0.251 e. The van der Waals surface area contributed by atoms with Crippen LogP contribution in [0.3, 0.4) is 0 Å². The number of benzene rings is 2. The number of carbonyl (C=O) groups excluding carboxylic acids is 1. The molecule has 0 unspecified atom stereocenters. The maximum atomic E-state index is 14.1. The molecule has 2 aromatic carbocycles. The largest absolute Gasteiger partial charge is 0.507 e. The molecule has 1 amide bonds. The number of anilines is 1. The van der Waals surface area contributed by atoms with Crippen LogP contribution >= 0.6 is 0 Å². The van der Waals surface area contributed by atoms with E-state index in [-0.39, 0.29) is 24.9 Å². The minimum absolute atomic E-state index is 0. The summed E-state index contributed by atoms with van der Waals surface area (Å²) in [4.78, 5) is 27.7. The van der Waals surface area contributed by atoms with Gasteiger partial charge in [-0.1, -0.05) is 12.1 Å². The zero-order chi connectivity index (χ0) is 22.1. The van der Waals surface area contributed by atoms with E-state index in [1.807, 2.05) is 4.90 Å². The molecule has 0 spiro atoms. The van der Waals surface area contributed by atoms with Gasteiger partial charge in [0.15, 0.2) is 5.82 Å². The number of para-hydroxylation sites is 1. The molecule has 1 saturated heterocycles. The van der Waals surface area contributed by atoms with Gasteiger partial charge in [0.05, 0.1) is 11.1 Å². The summed E-state index contributed by atoms with van der Waals surface area (Å²) in [6.45, 7) is 1.17. The summed E-state index contributed by atoms with van der Waals surface area (Å²) in [5.74, 6) is 0.478. The molecule has 0 aliphatic carbocycles. The number of fused-ring (bicyclic) bond motifs is 1. The van der Waals surface area contributed by atoms with Crippen LogP contribution in [-0.2, 0) is 0 Å². The van der Waals surface area contributed by atoms with E-state index in [4.69, 9.17) is 4.98 Å². The van der Waals surface area contributed by atoms with Crippen molar-refractivity contribution < 1.29 is 15.7 Å². The number of amides is 1. The molecule has 3 heterocycles. The first-order chi connectivity index (χ1) is 15.6. The molecule has 0 saturated carbocycles. The maximum absolute atomic E-state index is 14.1. The molecule has 4 aromatic rings. The van der Waals surface area contributed by atoms with Gasteiger partial charge in [-0.3, -0.25) is 9.78 Å². The summed E-state index contributed by atoms with van der Waals surface area (Å²) in [5.41, 5.74) is 1.63. The highest BCUT2D eigenvalue weighted by Crippen LogP contribution is 2.33. The van der Waals surface area contributed by atoms with Crippen molar-refractivity contribution in [2.24, 2.45) is 0 Å². The molecular weight excluding hydrogens is 409 g/mol. The second-order valence-electron chi connectivity index (χ2n) is 7.69. The van der Waals surface area contributed by atoms with Gasteiger partial charge in [-0.05, 0) is 48.9 Å². The number of hydrogen-bond donors (Lipinski definition) is 2. The predicted octanol–water partition coefficient (Wildman–Crippen LogP) is 3.79. The fourth-order valence-electron chi connectivity index (χ4n) is 3.95. The molecule has 0 radical (unpaired) electrons. The van der Waals surface area contributed by atoms with E-state index in [0.717, 1.165) is 6.42 Å². The van der Waals surface area contributed by atoms with Gasteiger partial charge in [-0.25, -0.2) is 14.4 Å². The van der Waals surface area contributed by atoms with E-state index in [9.17, 15) is 14.3 Å². The van der Waals surface area contributed by atoms with Gasteiger partial charge in [0.2, 0.25) is 0 Å². The number of nitrogens with one attached hydrogen (secondary N) is 1. The summed E-state index contributed by atoms with van der Waals surface area (Å²) in [6.07, 6.45) is 3.89. The van der Waals surface area contributed by atoms with E-state index in [1.165, 1.54) is 12.1 Å². The predicted molar refractivity (Wildman–Crippen MR) is 121 cm³/mol. The Morgan fingerprint density at radius 2 is 1.94 bits per heavy atom. The normalized spacial score (nSPS) is 15.8. The third-order valence-electron chi connectivity index (χ3n) is 5.55. The zero-order valence-corrected chi connectivity index (χ0v) is 17.1. The molecule has 1 aliphatic rings. The summed E-state index contributed by atoms with van der Waals surface area (Å²) in [6, 6.07) is 14.5. The van der Waals surface area contributed by atoms with Crippen molar-refractivity contribution in [1.29, 1.82) is 0 Å². The van der Waals surface area contributed by atoms with Crippen LogP contribution in [0.25, 0.3) is 22.3 Å². The Hall–Kier alpha value is -4.07. The Morgan fingerprint density at radius 1 is 1.12 bits per heavy atom. The van der Waals surface area contributed by atoms with Gasteiger partial charge in [0, 0.05) is 43.9 Å². The Morgan fingerprint density at radius 3 is 2.75 bits per heavy atom. The lowest BCUT2D eigenvalue weighted by molar-refractivity contribution is 0.0940. The van der Waals surface area contributed by atoms with E-state index < -0.39 is 0 Å². The van der Waals surface area contributed by atoms with Crippen LogP contribution in [0, 0.1) is 5.82 Å². The number of carbonyl (C=O) groups is 1. The van der Waals surface area contributed by atoms with Crippen molar-refractivity contribution in [1.82, 2.24) is 20.3 Å². The zero-order valence-electron chi connectivity index (χ0n) is 17.1. The third kappa shape index (κ3) is 3.82. The van der Waals surface area contributed by atoms with Crippen molar-refractivity contribution in [2.75, 3.05) is 18.0 Å². The molecule has 7 nitrogen and oxygen atoms in total. The molecular formula is C24H22FN5O2. The second kappa shape index (κ2) is 8.22. The van der Waals surface area contributed by atoms with Gasteiger partial charge < -0.3 is 15.3 Å². The average Bonchev–Trinajstić information content (AvgIpc) is 3.27. The minimum Gasteiger partial charge on any atom is -0.507 e. The number of halogens is 1. The minimum atomic E-state index is -0.376. The molecule has 8 heteroatoms. The lowest BCUT2D eigenvalue weighted by atomic mass is 10.1. The van der Waals surface area contributed by atoms with E-state index in [1.54, 1.807) is 54.9 Å². The Labute approximate surface area is 185 Å². The SMILES string of the molecule is O=C(N[C@H]1CCN(c2nc(-c3ccccc3O)nc3ccc(F)cc23)C1)c1ccncc1.[HH]. The number of nitrogens with zero attached hydrogens (tertiary/aromatic N) is 4. The van der Waals surface area contributed by atoms with Crippen LogP contribution in [0.4, 0.5) is 10.2 Å². The number of rotatable bonds is 4. The molecule has 0 bridgehead atoms. The molecule has 5 rings (SSSR count). The number of phenols is 1. The molecule has 2 aromatic heterocycles. The van der Waals surface area contributed by atoms with Crippen molar-refractivity contribution >= 4 is 22.6 Å². The first-order valence-electron chi connectivity index (χ1n) is 10.3. The average molecular weight is 431 g/mol. The van der Waals surface area contributed by atoms with E-state index in [0.29, 0.717) is 46.8 Å². The number of hydrogen-bond acceptors (Lipinski definition) is 6. The topological polar surface area (TPSA) is 91.2 Å². The summed E-state index contributed by atoms with van der Waals surface area (Å²) in [7, 11) is 0. The Bertz CT molecular complexity index is 1300. The molecule has 162 valence electrons. The molecule has 1 fully saturated rings. The van der Waals surface area contributed by atoms with Crippen LogP contribution in [0.15, 0.2) is 67.0 Å². The van der Waals surface area contributed by atoms with Crippen molar-refractivity contribution in [3.05, 3.63) is 78.4 Å². The summed E-state index contributed by atoms with van der Waals surface area (Å²) in [5, 5.41) is 13.9. The van der Waals surface area contributed by atoms with E-state index in [2.05, 4.69) is 15.3 Å². The highest BCUT2D eigenvalue weighted by molar-refractivity contribution is 5.94. The van der Waals surface area contributed by atoms with Gasteiger partial charge in [0.1, 0.15) is 17.4 Å². The highest BCUT2D eigenvalue weighted by atomic mass is 19.1. The first kappa shape index (κ1) is 19.9. The number of pyridine rings is 1. The Balaban J connectivity index is 0.00000259. The van der Waals surface area contributed by atoms with Gasteiger partial charge >= 0.3 is 0 Å². The Kier molecular flexibility index (Phi) is 5.10. The summed E-state index contributed by atoms with van der Waals surface area (Å²) < 4.78 is 14.1. The molecule has 1 aliphatic heterocycles. The number of aromatic hydroxyl groups is 1. The van der Waals surface area contributed by atoms with Gasteiger partial charge in [0.25, 0.3) is 5.91 Å². The van der Waals surface area contributed by atoms with Crippen molar-refractivity contribution in [3.8, 4) is 17.1 Å².